The smallest absolute Gasteiger partial charge is 0.295 e. The number of ether oxygens (including phenoxy) is 1. The number of aromatic amines is 1. The number of hydrogen-bond acceptors (Lipinski definition) is 4. The second-order valence-corrected chi connectivity index (χ2v) is 7.38. The minimum Gasteiger partial charge on any atom is -0.496 e. The summed E-state index contributed by atoms with van der Waals surface area (Å²) >= 11 is 0. The highest BCUT2D eigenvalue weighted by Gasteiger charge is 2.34. The molecule has 3 aromatic rings. The Hall–Kier alpha value is -3.61. The lowest BCUT2D eigenvalue weighted by molar-refractivity contribution is -0.130. The largest absolute Gasteiger partial charge is 0.496 e. The van der Waals surface area contributed by atoms with Gasteiger partial charge in [-0.15, -0.1) is 0 Å². The standard InChI is InChI=1S/C23H23N3O4/c1-15-14-25(22(28)16-7-4-3-5-8-16)11-12-26(15)23(29)21(27)17-13-24-18-9-6-10-19(30-2)20(17)18/h3-10,13,15,24H,11-12,14H2,1-2H3/t15-/m0/s1. The van der Waals surface area contributed by atoms with E-state index in [9.17, 15) is 14.4 Å². The van der Waals surface area contributed by atoms with Crippen molar-refractivity contribution in [1.82, 2.24) is 14.8 Å². The number of ketones is 1. The van der Waals surface area contributed by atoms with Gasteiger partial charge >= 0.3 is 0 Å². The Bertz CT molecular complexity index is 1110. The first-order chi connectivity index (χ1) is 14.5. The second kappa shape index (κ2) is 8.02. The maximum Gasteiger partial charge on any atom is 0.295 e. The number of benzene rings is 2. The molecule has 1 fully saturated rings. The van der Waals surface area contributed by atoms with Crippen molar-refractivity contribution in [1.29, 1.82) is 0 Å². The number of H-pyrrole nitrogens is 1. The normalized spacial score (nSPS) is 16.5. The molecule has 0 aliphatic carbocycles. The summed E-state index contributed by atoms with van der Waals surface area (Å²) in [5, 5.41) is 0.601. The molecule has 1 N–H and O–H groups in total. The number of carbonyl (C=O) groups excluding carboxylic acids is 3. The van der Waals surface area contributed by atoms with Crippen LogP contribution in [0, 0.1) is 0 Å². The van der Waals surface area contributed by atoms with Crippen LogP contribution in [0.4, 0.5) is 0 Å². The van der Waals surface area contributed by atoms with E-state index in [0.717, 1.165) is 5.52 Å². The second-order valence-electron chi connectivity index (χ2n) is 7.38. The van der Waals surface area contributed by atoms with Gasteiger partial charge in [0.2, 0.25) is 0 Å². The minimum absolute atomic E-state index is 0.0674. The molecule has 0 saturated carbocycles. The van der Waals surface area contributed by atoms with Gasteiger partial charge in [0.25, 0.3) is 17.6 Å². The number of hydrogen-bond donors (Lipinski definition) is 1. The summed E-state index contributed by atoms with van der Waals surface area (Å²) in [6, 6.07) is 14.2. The van der Waals surface area contributed by atoms with Gasteiger partial charge in [0.05, 0.1) is 18.1 Å². The molecule has 1 atom stereocenters. The predicted molar refractivity (Wildman–Crippen MR) is 113 cm³/mol. The van der Waals surface area contributed by atoms with Gasteiger partial charge in [-0.25, -0.2) is 0 Å². The van der Waals surface area contributed by atoms with Gasteiger partial charge in [-0.2, -0.15) is 0 Å². The van der Waals surface area contributed by atoms with E-state index >= 15 is 0 Å². The Morgan fingerprint density at radius 1 is 1.03 bits per heavy atom. The summed E-state index contributed by atoms with van der Waals surface area (Å²) in [5.74, 6) is -0.681. The van der Waals surface area contributed by atoms with Crippen LogP contribution in [-0.2, 0) is 4.79 Å². The van der Waals surface area contributed by atoms with Gasteiger partial charge in [-0.3, -0.25) is 14.4 Å². The lowest BCUT2D eigenvalue weighted by Gasteiger charge is -2.39. The molecule has 0 radical (unpaired) electrons. The van der Waals surface area contributed by atoms with Gasteiger partial charge in [0.15, 0.2) is 0 Å². The summed E-state index contributed by atoms with van der Waals surface area (Å²) < 4.78 is 5.36. The molecule has 0 bridgehead atoms. The number of Topliss-reactive ketones (excluding diaryl/α,β-unsaturated/α-hetero) is 1. The van der Waals surface area contributed by atoms with Gasteiger partial charge in [-0.1, -0.05) is 24.3 Å². The third kappa shape index (κ3) is 3.43. The number of aromatic nitrogens is 1. The number of amides is 2. The average Bonchev–Trinajstić information content (AvgIpc) is 3.22. The van der Waals surface area contributed by atoms with Gasteiger partial charge in [0, 0.05) is 43.0 Å². The number of nitrogens with one attached hydrogen (secondary N) is 1. The Morgan fingerprint density at radius 3 is 2.50 bits per heavy atom. The molecule has 2 aromatic carbocycles. The molecular formula is C23H23N3O4. The van der Waals surface area contributed by atoms with Crippen molar-refractivity contribution >= 4 is 28.5 Å². The molecule has 1 aliphatic heterocycles. The summed E-state index contributed by atoms with van der Waals surface area (Å²) in [7, 11) is 1.53. The van der Waals surface area contributed by atoms with Crippen LogP contribution in [0.5, 0.6) is 5.75 Å². The maximum absolute atomic E-state index is 13.0. The van der Waals surface area contributed by atoms with Crippen LogP contribution in [0.15, 0.2) is 54.7 Å². The Morgan fingerprint density at radius 2 is 1.80 bits per heavy atom. The van der Waals surface area contributed by atoms with Crippen molar-refractivity contribution in [3.05, 3.63) is 65.9 Å². The highest BCUT2D eigenvalue weighted by atomic mass is 16.5. The third-order valence-corrected chi connectivity index (χ3v) is 5.52. The molecule has 1 aliphatic rings. The first-order valence-corrected chi connectivity index (χ1v) is 9.85. The van der Waals surface area contributed by atoms with Crippen LogP contribution < -0.4 is 4.74 Å². The quantitative estimate of drug-likeness (QED) is 0.534. The molecule has 1 saturated heterocycles. The Balaban J connectivity index is 1.51. The molecule has 2 heterocycles. The highest BCUT2D eigenvalue weighted by Crippen LogP contribution is 2.29. The van der Waals surface area contributed by atoms with Gasteiger partial charge in [0.1, 0.15) is 5.75 Å². The summed E-state index contributed by atoms with van der Waals surface area (Å²) in [4.78, 5) is 45.0. The van der Waals surface area contributed by atoms with Crippen molar-refractivity contribution in [3.63, 3.8) is 0 Å². The van der Waals surface area contributed by atoms with Crippen molar-refractivity contribution in [2.45, 2.75) is 13.0 Å². The molecule has 0 unspecified atom stereocenters. The lowest BCUT2D eigenvalue weighted by Crippen LogP contribution is -2.56. The number of nitrogens with zero attached hydrogens (tertiary/aromatic N) is 2. The summed E-state index contributed by atoms with van der Waals surface area (Å²) in [5.41, 5.74) is 1.64. The number of piperazine rings is 1. The zero-order chi connectivity index (χ0) is 21.3. The van der Waals surface area contributed by atoms with E-state index in [-0.39, 0.29) is 11.9 Å². The fourth-order valence-electron chi connectivity index (χ4n) is 3.95. The van der Waals surface area contributed by atoms with E-state index in [2.05, 4.69) is 4.98 Å². The van der Waals surface area contributed by atoms with E-state index in [1.165, 1.54) is 7.11 Å². The van der Waals surface area contributed by atoms with Crippen LogP contribution in [0.25, 0.3) is 10.9 Å². The molecule has 0 spiro atoms. The molecule has 7 nitrogen and oxygen atoms in total. The predicted octanol–water partition coefficient (Wildman–Crippen LogP) is 2.73. The monoisotopic (exact) mass is 405 g/mol. The number of rotatable bonds is 4. The maximum atomic E-state index is 13.0. The zero-order valence-corrected chi connectivity index (χ0v) is 16.9. The van der Waals surface area contributed by atoms with Crippen LogP contribution in [0.3, 0.4) is 0 Å². The first kappa shape index (κ1) is 19.7. The van der Waals surface area contributed by atoms with Crippen molar-refractivity contribution < 1.29 is 19.1 Å². The first-order valence-electron chi connectivity index (χ1n) is 9.85. The van der Waals surface area contributed by atoms with Crippen LogP contribution in [-0.4, -0.2) is 65.2 Å². The van der Waals surface area contributed by atoms with Crippen molar-refractivity contribution in [2.75, 3.05) is 26.7 Å². The van der Waals surface area contributed by atoms with Gasteiger partial charge < -0.3 is 19.5 Å². The number of fused-ring (bicyclic) bond motifs is 1. The SMILES string of the molecule is COc1cccc2[nH]cc(C(=O)C(=O)N3CCN(C(=O)c4ccccc4)C[C@@H]3C)c12. The Kier molecular flexibility index (Phi) is 5.27. The molecule has 30 heavy (non-hydrogen) atoms. The van der Waals surface area contributed by atoms with E-state index in [1.54, 1.807) is 34.2 Å². The molecule has 2 amide bonds. The average molecular weight is 405 g/mol. The number of carbonyl (C=O) groups is 3. The molecule has 154 valence electrons. The van der Waals surface area contributed by atoms with Crippen LogP contribution in [0.2, 0.25) is 0 Å². The molecule has 7 heteroatoms. The van der Waals surface area contributed by atoms with E-state index in [1.807, 2.05) is 37.3 Å². The van der Waals surface area contributed by atoms with Crippen LogP contribution in [0.1, 0.15) is 27.6 Å². The topological polar surface area (TPSA) is 82.7 Å². The fourth-order valence-corrected chi connectivity index (χ4v) is 3.95. The van der Waals surface area contributed by atoms with Gasteiger partial charge in [-0.05, 0) is 31.2 Å². The van der Waals surface area contributed by atoms with Crippen molar-refractivity contribution in [2.24, 2.45) is 0 Å². The molecular weight excluding hydrogens is 382 g/mol. The molecule has 4 rings (SSSR count). The Labute approximate surface area is 174 Å². The minimum atomic E-state index is -0.583. The zero-order valence-electron chi connectivity index (χ0n) is 16.9. The van der Waals surface area contributed by atoms with E-state index in [0.29, 0.717) is 41.9 Å². The summed E-state index contributed by atoms with van der Waals surface area (Å²) in [6.07, 6.45) is 1.55. The van der Waals surface area contributed by atoms with E-state index in [4.69, 9.17) is 4.74 Å². The van der Waals surface area contributed by atoms with Crippen molar-refractivity contribution in [3.8, 4) is 5.75 Å². The van der Waals surface area contributed by atoms with E-state index < -0.39 is 11.7 Å². The lowest BCUT2D eigenvalue weighted by atomic mass is 10.1. The third-order valence-electron chi connectivity index (χ3n) is 5.52. The fraction of sp³-hybridized carbons (Fsp3) is 0.261. The highest BCUT2D eigenvalue weighted by molar-refractivity contribution is 6.45. The number of methoxy groups -OCH3 is 1. The molecule has 1 aromatic heterocycles. The summed E-state index contributed by atoms with van der Waals surface area (Å²) in [6.45, 7) is 2.92. The van der Waals surface area contributed by atoms with Crippen LogP contribution >= 0.6 is 0 Å².